The molecule has 0 rings (SSSR count). The van der Waals surface area contributed by atoms with Gasteiger partial charge in [0, 0.05) is 9.49 Å². The van der Waals surface area contributed by atoms with Crippen molar-refractivity contribution in [3.63, 3.8) is 0 Å². The van der Waals surface area contributed by atoms with Crippen molar-refractivity contribution in [1.82, 2.24) is 0 Å². The normalized spacial score (nSPS) is 11.5. The highest BCUT2D eigenvalue weighted by Gasteiger charge is 2.15. The second-order valence-corrected chi connectivity index (χ2v) is 10.1. The molecule has 0 aromatic carbocycles. The molecule has 0 aliphatic carbocycles. The molecule has 0 heterocycles. The van der Waals surface area contributed by atoms with Gasteiger partial charge in [-0.25, -0.2) is 0 Å². The Morgan fingerprint density at radius 1 is 0.773 bits per heavy atom. The van der Waals surface area contributed by atoms with Gasteiger partial charge in [-0.15, -0.1) is 0 Å². The van der Waals surface area contributed by atoms with E-state index in [9.17, 15) is 9.59 Å². The Bertz CT molecular complexity index is 295. The molecule has 0 saturated heterocycles. The lowest BCUT2D eigenvalue weighted by Gasteiger charge is -2.12. The van der Waals surface area contributed by atoms with Crippen molar-refractivity contribution in [3.05, 3.63) is 0 Å². The topological polar surface area (TPSA) is 74.6 Å². The maximum atomic E-state index is 9.97. The van der Waals surface area contributed by atoms with Gasteiger partial charge < -0.3 is 10.2 Å². The number of carboxylic acids is 2. The zero-order chi connectivity index (χ0) is 18.8. The third-order valence-electron chi connectivity index (χ3n) is 2.23. The molecule has 0 aromatic heterocycles. The quantitative estimate of drug-likeness (QED) is 0.548. The second-order valence-electron chi connectivity index (χ2n) is 7.68. The van der Waals surface area contributed by atoms with Gasteiger partial charge in [-0.1, -0.05) is 61.8 Å². The first-order valence-corrected chi connectivity index (χ1v) is 8.17. The van der Waals surface area contributed by atoms with E-state index in [0.29, 0.717) is 5.41 Å². The first-order valence-electron chi connectivity index (χ1n) is 7.28. The van der Waals surface area contributed by atoms with Gasteiger partial charge in [0.15, 0.2) is 0 Å². The Labute approximate surface area is 146 Å². The Balaban J connectivity index is -0.000000249. The predicted octanol–water partition coefficient (Wildman–Crippen LogP) is 4.78. The largest absolute Gasteiger partial charge is 0.481 e. The molecule has 2 N–H and O–H groups in total. The van der Waals surface area contributed by atoms with Crippen LogP contribution in [-0.2, 0) is 9.59 Å². The molecule has 6 heteroatoms. The van der Waals surface area contributed by atoms with Gasteiger partial charge in [-0.2, -0.15) is 25.3 Å². The lowest BCUT2D eigenvalue weighted by atomic mass is 9.94. The Morgan fingerprint density at radius 2 is 0.955 bits per heavy atom. The highest BCUT2D eigenvalue weighted by atomic mass is 32.1. The van der Waals surface area contributed by atoms with E-state index >= 15 is 0 Å². The van der Waals surface area contributed by atoms with Gasteiger partial charge >= 0.3 is 11.9 Å². The molecule has 0 unspecified atom stereocenters. The first kappa shape index (κ1) is 26.5. The Kier molecular flexibility index (Phi) is 13.5. The minimum atomic E-state index is -0.801. The molecule has 0 saturated carbocycles. The van der Waals surface area contributed by atoms with E-state index in [-0.39, 0.29) is 22.3 Å². The van der Waals surface area contributed by atoms with E-state index in [1.807, 2.05) is 0 Å². The third kappa shape index (κ3) is 42.7. The molecule has 0 bridgehead atoms. The minimum Gasteiger partial charge on any atom is -0.481 e. The maximum Gasteiger partial charge on any atom is 0.304 e. The van der Waals surface area contributed by atoms with E-state index in [1.165, 1.54) is 6.42 Å². The van der Waals surface area contributed by atoms with Crippen LogP contribution in [0.3, 0.4) is 0 Å². The molecule has 0 amide bonds. The fraction of sp³-hybridized carbons (Fsp3) is 0.875. The number of hydrogen-bond donors (Lipinski definition) is 4. The van der Waals surface area contributed by atoms with Crippen LogP contribution in [0.15, 0.2) is 0 Å². The molecular formula is C16H34O4S2. The van der Waals surface area contributed by atoms with Crippen molar-refractivity contribution in [2.24, 2.45) is 5.41 Å². The van der Waals surface area contributed by atoms with Crippen LogP contribution in [-0.4, -0.2) is 31.6 Å². The van der Waals surface area contributed by atoms with E-state index in [0.717, 1.165) is 0 Å². The number of carbonyl (C=O) groups is 2. The van der Waals surface area contributed by atoms with Crippen molar-refractivity contribution in [2.45, 2.75) is 84.1 Å². The molecule has 0 aliphatic heterocycles. The molecule has 0 fully saturated rings. The molecule has 0 radical (unpaired) electrons. The lowest BCUT2D eigenvalue weighted by Crippen LogP contribution is -2.15. The predicted molar refractivity (Wildman–Crippen MR) is 100 cm³/mol. The van der Waals surface area contributed by atoms with Crippen molar-refractivity contribution >= 4 is 37.2 Å². The summed E-state index contributed by atoms with van der Waals surface area (Å²) in [5.41, 5.74) is 0.542. The van der Waals surface area contributed by atoms with Crippen LogP contribution in [0.4, 0.5) is 0 Å². The van der Waals surface area contributed by atoms with Crippen molar-refractivity contribution in [1.29, 1.82) is 0 Å². The minimum absolute atomic E-state index is 0.107. The van der Waals surface area contributed by atoms with E-state index < -0.39 is 11.9 Å². The summed E-state index contributed by atoms with van der Waals surface area (Å²) >= 11 is 8.03. The summed E-state index contributed by atoms with van der Waals surface area (Å²) in [6, 6.07) is 0. The highest BCUT2D eigenvalue weighted by molar-refractivity contribution is 7.82. The van der Waals surface area contributed by atoms with Gasteiger partial charge in [-0.3, -0.25) is 9.59 Å². The lowest BCUT2D eigenvalue weighted by molar-refractivity contribution is -0.138. The molecule has 0 atom stereocenters. The van der Waals surface area contributed by atoms with Gasteiger partial charge in [-0.05, 0) is 5.41 Å². The first-order chi connectivity index (χ1) is 9.39. The molecule has 134 valence electrons. The maximum absolute atomic E-state index is 9.97. The molecule has 4 nitrogen and oxygen atoms in total. The summed E-state index contributed by atoms with van der Waals surface area (Å²) in [7, 11) is 0. The number of rotatable bonds is 4. The van der Waals surface area contributed by atoms with Crippen molar-refractivity contribution in [2.75, 3.05) is 0 Å². The van der Waals surface area contributed by atoms with Crippen LogP contribution in [0.25, 0.3) is 0 Å². The van der Waals surface area contributed by atoms with E-state index in [1.54, 1.807) is 27.7 Å². The summed E-state index contributed by atoms with van der Waals surface area (Å²) in [6.07, 6.45) is 1.49. The second kappa shape index (κ2) is 11.2. The van der Waals surface area contributed by atoms with Crippen LogP contribution in [0, 0.1) is 5.41 Å². The summed E-state index contributed by atoms with van der Waals surface area (Å²) in [4.78, 5) is 19.9. The molecular weight excluding hydrogens is 320 g/mol. The Morgan fingerprint density at radius 3 is 0.955 bits per heavy atom. The number of hydrogen-bond acceptors (Lipinski definition) is 4. The smallest absolute Gasteiger partial charge is 0.304 e. The molecule has 0 aromatic rings. The van der Waals surface area contributed by atoms with Crippen LogP contribution < -0.4 is 0 Å². The summed E-state index contributed by atoms with van der Waals surface area (Å²) in [5, 5.41) is 16.4. The van der Waals surface area contributed by atoms with Crippen molar-refractivity contribution < 1.29 is 19.8 Å². The SMILES string of the molecule is CC(C)(S)CC(=O)O.CC(C)(S)CC(=O)O.CCC(C)(C)C. The fourth-order valence-electron chi connectivity index (χ4n) is 0.740. The van der Waals surface area contributed by atoms with E-state index in [4.69, 9.17) is 10.2 Å². The molecule has 0 aliphatic rings. The van der Waals surface area contributed by atoms with Crippen molar-refractivity contribution in [3.8, 4) is 0 Å². The summed E-state index contributed by atoms with van der Waals surface area (Å²) in [5.74, 6) is -1.60. The standard InChI is InChI=1S/C6H14.2C5H10O2S/c1-5-6(2,3)4;2*1-5(2,8)3-4(6)7/h5H2,1-4H3;2*8H,3H2,1-2H3,(H,6,7). The number of carboxylic acid groups (broad SMARTS) is 2. The zero-order valence-corrected chi connectivity index (χ0v) is 17.0. The third-order valence-corrected chi connectivity index (χ3v) is 2.54. The van der Waals surface area contributed by atoms with Crippen LogP contribution in [0.5, 0.6) is 0 Å². The van der Waals surface area contributed by atoms with Gasteiger partial charge in [0.05, 0.1) is 12.8 Å². The monoisotopic (exact) mass is 354 g/mol. The molecule has 0 spiro atoms. The van der Waals surface area contributed by atoms with Crippen LogP contribution >= 0.6 is 25.3 Å². The van der Waals surface area contributed by atoms with Gasteiger partial charge in [0.25, 0.3) is 0 Å². The average Bonchev–Trinajstić information content (AvgIpc) is 2.09. The summed E-state index contributed by atoms with van der Waals surface area (Å²) in [6.45, 7) is 16.0. The zero-order valence-electron chi connectivity index (χ0n) is 15.2. The van der Waals surface area contributed by atoms with Gasteiger partial charge in [0.1, 0.15) is 0 Å². The highest BCUT2D eigenvalue weighted by Crippen LogP contribution is 2.17. The van der Waals surface area contributed by atoms with Crippen LogP contribution in [0.2, 0.25) is 0 Å². The fourth-order valence-corrected chi connectivity index (χ4v) is 1.01. The number of thiol groups is 2. The van der Waals surface area contributed by atoms with Crippen LogP contribution in [0.1, 0.15) is 74.7 Å². The summed E-state index contributed by atoms with van der Waals surface area (Å²) < 4.78 is -0.766. The van der Waals surface area contributed by atoms with E-state index in [2.05, 4.69) is 53.0 Å². The average molecular weight is 355 g/mol. The van der Waals surface area contributed by atoms with Gasteiger partial charge in [0.2, 0.25) is 0 Å². The number of aliphatic carboxylic acids is 2. The molecule has 22 heavy (non-hydrogen) atoms. The Hall–Kier alpha value is -0.360.